The highest BCUT2D eigenvalue weighted by Gasteiger charge is 2.29. The molecule has 0 bridgehead atoms. The van der Waals surface area contributed by atoms with Crippen molar-refractivity contribution in [1.29, 1.82) is 0 Å². The second kappa shape index (κ2) is 6.41. The van der Waals surface area contributed by atoms with Gasteiger partial charge >= 0.3 is 6.09 Å². The molecule has 0 radical (unpaired) electrons. The van der Waals surface area contributed by atoms with Crippen LogP contribution in [0, 0.1) is 5.92 Å². The van der Waals surface area contributed by atoms with Crippen LogP contribution in [0.3, 0.4) is 0 Å². The molecule has 0 unspecified atom stereocenters. The Labute approximate surface area is 110 Å². The third-order valence-corrected chi connectivity index (χ3v) is 4.27. The molecule has 1 saturated carbocycles. The summed E-state index contributed by atoms with van der Waals surface area (Å²) >= 11 is 0. The van der Waals surface area contributed by atoms with E-state index in [1.807, 2.05) is 11.8 Å². The highest BCUT2D eigenvalue weighted by Crippen LogP contribution is 2.27. The molecule has 1 aliphatic heterocycles. The fourth-order valence-electron chi connectivity index (χ4n) is 3.22. The van der Waals surface area contributed by atoms with Gasteiger partial charge in [-0.25, -0.2) is 4.79 Å². The molecular formula is C14H26N2O2. The molecule has 1 amide bonds. The average Bonchev–Trinajstić information content (AvgIpc) is 2.39. The van der Waals surface area contributed by atoms with E-state index in [2.05, 4.69) is 11.8 Å². The molecule has 0 aromatic carbocycles. The number of piperazine rings is 1. The van der Waals surface area contributed by atoms with E-state index < -0.39 is 0 Å². The van der Waals surface area contributed by atoms with Crippen LogP contribution in [-0.4, -0.2) is 54.7 Å². The summed E-state index contributed by atoms with van der Waals surface area (Å²) in [7, 11) is 0. The number of carbonyl (C=O) groups is 1. The first-order valence-electron chi connectivity index (χ1n) is 7.36. The van der Waals surface area contributed by atoms with E-state index in [1.54, 1.807) is 0 Å². The van der Waals surface area contributed by atoms with E-state index >= 15 is 0 Å². The van der Waals surface area contributed by atoms with Gasteiger partial charge in [-0.2, -0.15) is 0 Å². The summed E-state index contributed by atoms with van der Waals surface area (Å²) in [6, 6.07) is 0.748. The minimum absolute atomic E-state index is 0.144. The molecule has 2 atom stereocenters. The number of nitrogens with zero attached hydrogens (tertiary/aromatic N) is 2. The molecular weight excluding hydrogens is 228 g/mol. The van der Waals surface area contributed by atoms with E-state index in [1.165, 1.54) is 25.7 Å². The third-order valence-electron chi connectivity index (χ3n) is 4.27. The normalized spacial score (nSPS) is 30.2. The lowest BCUT2D eigenvalue weighted by atomic mass is 9.86. The Hall–Kier alpha value is -0.770. The molecule has 2 rings (SSSR count). The molecule has 0 aromatic rings. The van der Waals surface area contributed by atoms with Crippen LogP contribution in [0.2, 0.25) is 0 Å². The first-order chi connectivity index (χ1) is 8.70. The Balaban J connectivity index is 1.77. The van der Waals surface area contributed by atoms with Gasteiger partial charge in [0.1, 0.15) is 0 Å². The van der Waals surface area contributed by atoms with Crippen LogP contribution in [0.1, 0.15) is 39.5 Å². The van der Waals surface area contributed by atoms with Gasteiger partial charge in [-0.15, -0.1) is 0 Å². The van der Waals surface area contributed by atoms with Crippen LogP contribution in [0.15, 0.2) is 0 Å². The predicted octanol–water partition coefficient (Wildman–Crippen LogP) is 2.34. The summed E-state index contributed by atoms with van der Waals surface area (Å²) < 4.78 is 5.05. The first kappa shape index (κ1) is 13.7. The summed E-state index contributed by atoms with van der Waals surface area (Å²) in [5, 5.41) is 0. The number of hydrogen-bond acceptors (Lipinski definition) is 3. The Bertz CT molecular complexity index is 275. The van der Waals surface area contributed by atoms with Gasteiger partial charge in [-0.3, -0.25) is 4.90 Å². The molecule has 0 N–H and O–H groups in total. The molecule has 18 heavy (non-hydrogen) atoms. The van der Waals surface area contributed by atoms with Gasteiger partial charge in [-0.1, -0.05) is 19.8 Å². The molecule has 104 valence electrons. The fraction of sp³-hybridized carbons (Fsp3) is 0.929. The highest BCUT2D eigenvalue weighted by molar-refractivity contribution is 5.67. The number of rotatable bonds is 2. The van der Waals surface area contributed by atoms with Crippen LogP contribution >= 0.6 is 0 Å². The molecule has 0 spiro atoms. The van der Waals surface area contributed by atoms with Crippen molar-refractivity contribution in [3.05, 3.63) is 0 Å². The van der Waals surface area contributed by atoms with Gasteiger partial charge in [0.2, 0.25) is 0 Å². The maximum absolute atomic E-state index is 11.6. The zero-order valence-corrected chi connectivity index (χ0v) is 11.7. The van der Waals surface area contributed by atoms with E-state index in [4.69, 9.17) is 4.74 Å². The SMILES string of the molecule is CCOC(=O)N1CCN([C@H]2CCC[C@@H](C)C2)CC1. The highest BCUT2D eigenvalue weighted by atomic mass is 16.6. The Morgan fingerprint density at radius 1 is 1.22 bits per heavy atom. The van der Waals surface area contributed by atoms with Crippen LogP contribution in [-0.2, 0) is 4.74 Å². The van der Waals surface area contributed by atoms with Crippen molar-refractivity contribution >= 4 is 6.09 Å². The maximum Gasteiger partial charge on any atom is 0.409 e. The topological polar surface area (TPSA) is 32.8 Å². The summed E-state index contributed by atoms with van der Waals surface area (Å²) in [6.45, 7) is 8.36. The zero-order chi connectivity index (χ0) is 13.0. The second-order valence-electron chi connectivity index (χ2n) is 5.65. The Morgan fingerprint density at radius 2 is 1.94 bits per heavy atom. The maximum atomic E-state index is 11.6. The smallest absolute Gasteiger partial charge is 0.409 e. The molecule has 2 fully saturated rings. The summed E-state index contributed by atoms with van der Waals surface area (Å²) in [4.78, 5) is 16.0. The summed E-state index contributed by atoms with van der Waals surface area (Å²) in [5.41, 5.74) is 0. The Morgan fingerprint density at radius 3 is 2.56 bits per heavy atom. The lowest BCUT2D eigenvalue weighted by Gasteiger charge is -2.41. The van der Waals surface area contributed by atoms with Crippen molar-refractivity contribution < 1.29 is 9.53 Å². The number of hydrogen-bond donors (Lipinski definition) is 0. The van der Waals surface area contributed by atoms with E-state index in [0.29, 0.717) is 6.61 Å². The molecule has 0 aromatic heterocycles. The van der Waals surface area contributed by atoms with Gasteiger partial charge in [0.25, 0.3) is 0 Å². The zero-order valence-electron chi connectivity index (χ0n) is 11.7. The van der Waals surface area contributed by atoms with Gasteiger partial charge in [0, 0.05) is 32.2 Å². The van der Waals surface area contributed by atoms with Crippen LogP contribution in [0.25, 0.3) is 0 Å². The lowest BCUT2D eigenvalue weighted by Crippen LogP contribution is -2.52. The largest absolute Gasteiger partial charge is 0.450 e. The second-order valence-corrected chi connectivity index (χ2v) is 5.65. The minimum Gasteiger partial charge on any atom is -0.450 e. The van der Waals surface area contributed by atoms with E-state index in [-0.39, 0.29) is 6.09 Å². The van der Waals surface area contributed by atoms with Gasteiger partial charge < -0.3 is 9.64 Å². The molecule has 4 nitrogen and oxygen atoms in total. The van der Waals surface area contributed by atoms with Crippen molar-refractivity contribution in [2.75, 3.05) is 32.8 Å². The number of ether oxygens (including phenoxy) is 1. The third kappa shape index (κ3) is 3.37. The first-order valence-corrected chi connectivity index (χ1v) is 7.36. The monoisotopic (exact) mass is 254 g/mol. The lowest BCUT2D eigenvalue weighted by molar-refractivity contribution is 0.0528. The number of amides is 1. The van der Waals surface area contributed by atoms with Crippen LogP contribution < -0.4 is 0 Å². The summed E-state index contributed by atoms with van der Waals surface area (Å²) in [5.74, 6) is 0.867. The fourth-order valence-corrected chi connectivity index (χ4v) is 3.22. The average molecular weight is 254 g/mol. The van der Waals surface area contributed by atoms with Gasteiger partial charge in [-0.05, 0) is 25.7 Å². The molecule has 1 heterocycles. The van der Waals surface area contributed by atoms with Crippen molar-refractivity contribution in [3.63, 3.8) is 0 Å². The number of carbonyl (C=O) groups excluding carboxylic acids is 1. The standard InChI is InChI=1S/C14H26N2O2/c1-3-18-14(17)16-9-7-15(8-10-16)13-6-4-5-12(2)11-13/h12-13H,3-11H2,1-2H3/t12-,13+/m1/s1. The van der Waals surface area contributed by atoms with Gasteiger partial charge in [0.05, 0.1) is 6.61 Å². The molecule has 1 aliphatic carbocycles. The van der Waals surface area contributed by atoms with E-state index in [9.17, 15) is 4.79 Å². The van der Waals surface area contributed by atoms with Gasteiger partial charge in [0.15, 0.2) is 0 Å². The van der Waals surface area contributed by atoms with Crippen molar-refractivity contribution in [1.82, 2.24) is 9.80 Å². The van der Waals surface area contributed by atoms with Crippen LogP contribution in [0.5, 0.6) is 0 Å². The molecule has 4 heteroatoms. The summed E-state index contributed by atoms with van der Waals surface area (Å²) in [6.07, 6.45) is 5.28. The molecule has 1 saturated heterocycles. The Kier molecular flexibility index (Phi) is 4.87. The van der Waals surface area contributed by atoms with Crippen molar-refractivity contribution in [2.45, 2.75) is 45.6 Å². The minimum atomic E-state index is -0.144. The quantitative estimate of drug-likeness (QED) is 0.758. The van der Waals surface area contributed by atoms with Crippen LogP contribution in [0.4, 0.5) is 4.79 Å². The predicted molar refractivity (Wildman–Crippen MR) is 71.6 cm³/mol. The van der Waals surface area contributed by atoms with E-state index in [0.717, 1.165) is 38.1 Å². The molecule has 2 aliphatic rings. The van der Waals surface area contributed by atoms with Crippen molar-refractivity contribution in [3.8, 4) is 0 Å². The van der Waals surface area contributed by atoms with Crippen molar-refractivity contribution in [2.24, 2.45) is 5.92 Å².